The van der Waals surface area contributed by atoms with E-state index in [-0.39, 0.29) is 11.7 Å². The first-order valence-electron chi connectivity index (χ1n) is 7.87. The molecular formula is C15H19N5O2S2. The Bertz CT molecular complexity index is 699. The summed E-state index contributed by atoms with van der Waals surface area (Å²) in [5, 5.41) is 16.0. The highest BCUT2D eigenvalue weighted by Crippen LogP contribution is 2.21. The zero-order valence-corrected chi connectivity index (χ0v) is 14.8. The first-order valence-corrected chi connectivity index (χ1v) is 9.74. The molecule has 24 heavy (non-hydrogen) atoms. The maximum absolute atomic E-state index is 11.9. The summed E-state index contributed by atoms with van der Waals surface area (Å²) in [6.45, 7) is 1.31. The fraction of sp³-hybridized carbons (Fsp3) is 0.467. The minimum Gasteiger partial charge on any atom is -0.333 e. The molecule has 2 aromatic rings. The Labute approximate surface area is 148 Å². The van der Waals surface area contributed by atoms with Gasteiger partial charge in [-0.1, -0.05) is 24.2 Å². The van der Waals surface area contributed by atoms with Crippen LogP contribution in [0.2, 0.25) is 0 Å². The number of carbonyl (C=O) groups is 2. The van der Waals surface area contributed by atoms with Crippen LogP contribution in [0.1, 0.15) is 30.0 Å². The predicted molar refractivity (Wildman–Crippen MR) is 93.0 cm³/mol. The number of thiophene rings is 1. The molecule has 2 N–H and O–H groups in total. The van der Waals surface area contributed by atoms with Crippen molar-refractivity contribution in [3.05, 3.63) is 28.2 Å². The molecule has 0 aromatic carbocycles. The van der Waals surface area contributed by atoms with Crippen molar-refractivity contribution in [1.82, 2.24) is 25.4 Å². The van der Waals surface area contributed by atoms with Gasteiger partial charge in [0.15, 0.2) is 5.16 Å². The van der Waals surface area contributed by atoms with Crippen molar-refractivity contribution >= 4 is 35.0 Å². The first-order chi connectivity index (χ1) is 11.7. The van der Waals surface area contributed by atoms with Gasteiger partial charge in [-0.3, -0.25) is 10.1 Å². The molecule has 128 valence electrons. The Morgan fingerprint density at radius 3 is 3.04 bits per heavy atom. The third kappa shape index (κ3) is 4.57. The Morgan fingerprint density at radius 1 is 1.29 bits per heavy atom. The lowest BCUT2D eigenvalue weighted by molar-refractivity contribution is -0.117. The molecule has 0 fully saturated rings. The number of nitrogens with zero attached hydrogens (tertiary/aromatic N) is 3. The van der Waals surface area contributed by atoms with E-state index in [9.17, 15) is 9.59 Å². The van der Waals surface area contributed by atoms with Gasteiger partial charge in [0.25, 0.3) is 0 Å². The first kappa shape index (κ1) is 17.0. The van der Waals surface area contributed by atoms with Crippen LogP contribution in [-0.2, 0) is 24.3 Å². The molecule has 0 unspecified atom stereocenters. The summed E-state index contributed by atoms with van der Waals surface area (Å²) in [5.41, 5.74) is 0. The summed E-state index contributed by atoms with van der Waals surface area (Å²) in [6, 6.07) is 3.37. The smallest absolute Gasteiger partial charge is 0.321 e. The van der Waals surface area contributed by atoms with Crippen molar-refractivity contribution in [1.29, 1.82) is 0 Å². The molecule has 0 aliphatic carbocycles. The molecule has 3 rings (SSSR count). The molecule has 3 heterocycles. The molecule has 0 bridgehead atoms. The second-order valence-corrected chi connectivity index (χ2v) is 7.43. The highest BCUT2D eigenvalue weighted by atomic mass is 32.2. The van der Waals surface area contributed by atoms with Gasteiger partial charge in [-0.15, -0.1) is 21.5 Å². The molecule has 2 aromatic heterocycles. The fourth-order valence-electron chi connectivity index (χ4n) is 2.48. The van der Waals surface area contributed by atoms with Gasteiger partial charge in [0.1, 0.15) is 5.82 Å². The fourth-order valence-corrected chi connectivity index (χ4v) is 3.91. The Balaban J connectivity index is 1.44. The van der Waals surface area contributed by atoms with E-state index in [2.05, 4.69) is 25.4 Å². The number of aryl methyl sites for hydroxylation is 1. The number of hydrogen-bond acceptors (Lipinski definition) is 6. The third-order valence-corrected chi connectivity index (χ3v) is 5.51. The number of aromatic nitrogens is 3. The minimum atomic E-state index is -0.478. The van der Waals surface area contributed by atoms with E-state index >= 15 is 0 Å². The SMILES string of the molecule is O=C(CSc1nnc2n1CCCCC2)NC(=O)NCc1cccs1. The van der Waals surface area contributed by atoms with E-state index in [0.29, 0.717) is 6.54 Å². The maximum atomic E-state index is 11.9. The number of imide groups is 1. The molecule has 9 heteroatoms. The Morgan fingerprint density at radius 2 is 2.21 bits per heavy atom. The number of fused-ring (bicyclic) bond motifs is 1. The van der Waals surface area contributed by atoms with Crippen molar-refractivity contribution in [2.45, 2.75) is 43.9 Å². The highest BCUT2D eigenvalue weighted by Gasteiger charge is 2.16. The van der Waals surface area contributed by atoms with E-state index in [4.69, 9.17) is 0 Å². The van der Waals surface area contributed by atoms with Crippen LogP contribution >= 0.6 is 23.1 Å². The number of thioether (sulfide) groups is 1. The molecule has 7 nitrogen and oxygen atoms in total. The Hall–Kier alpha value is -1.87. The van der Waals surface area contributed by atoms with Crippen LogP contribution < -0.4 is 10.6 Å². The van der Waals surface area contributed by atoms with Gasteiger partial charge in [0, 0.05) is 17.8 Å². The second kappa shape index (κ2) is 8.29. The van der Waals surface area contributed by atoms with Crippen LogP contribution in [0.15, 0.2) is 22.7 Å². The molecule has 0 saturated carbocycles. The second-order valence-electron chi connectivity index (χ2n) is 5.46. The zero-order valence-electron chi connectivity index (χ0n) is 13.2. The minimum absolute atomic E-state index is 0.143. The van der Waals surface area contributed by atoms with Gasteiger partial charge in [-0.2, -0.15) is 0 Å². The van der Waals surface area contributed by atoms with Gasteiger partial charge in [-0.25, -0.2) is 4.79 Å². The quantitative estimate of drug-likeness (QED) is 0.793. The molecule has 1 aliphatic heterocycles. The van der Waals surface area contributed by atoms with Gasteiger partial charge < -0.3 is 9.88 Å². The van der Waals surface area contributed by atoms with Crippen LogP contribution in [0.25, 0.3) is 0 Å². The average Bonchev–Trinajstić information content (AvgIpc) is 3.16. The van der Waals surface area contributed by atoms with Gasteiger partial charge >= 0.3 is 6.03 Å². The van der Waals surface area contributed by atoms with Crippen LogP contribution in [0, 0.1) is 0 Å². The van der Waals surface area contributed by atoms with Crippen LogP contribution in [0.4, 0.5) is 4.79 Å². The van der Waals surface area contributed by atoms with Gasteiger partial charge in [0.2, 0.25) is 5.91 Å². The van der Waals surface area contributed by atoms with E-state index < -0.39 is 6.03 Å². The lowest BCUT2D eigenvalue weighted by atomic mass is 10.2. The molecule has 1 aliphatic rings. The Kier molecular flexibility index (Phi) is 5.86. The molecule has 0 radical (unpaired) electrons. The summed E-state index contributed by atoms with van der Waals surface area (Å²) >= 11 is 2.87. The third-order valence-electron chi connectivity index (χ3n) is 3.66. The summed E-state index contributed by atoms with van der Waals surface area (Å²) in [6.07, 6.45) is 4.37. The number of rotatable bonds is 5. The zero-order chi connectivity index (χ0) is 16.8. The molecule has 0 saturated heterocycles. The monoisotopic (exact) mass is 365 g/mol. The van der Waals surface area contributed by atoms with Crippen molar-refractivity contribution < 1.29 is 9.59 Å². The number of urea groups is 1. The van der Waals surface area contributed by atoms with Gasteiger partial charge in [0.05, 0.1) is 12.3 Å². The summed E-state index contributed by atoms with van der Waals surface area (Å²) in [4.78, 5) is 24.6. The van der Waals surface area contributed by atoms with E-state index in [1.807, 2.05) is 17.5 Å². The lowest BCUT2D eigenvalue weighted by Gasteiger charge is -2.07. The molecule has 0 atom stereocenters. The topological polar surface area (TPSA) is 88.9 Å². The van der Waals surface area contributed by atoms with Crippen LogP contribution in [0.5, 0.6) is 0 Å². The van der Waals surface area contributed by atoms with E-state index in [0.717, 1.165) is 41.7 Å². The van der Waals surface area contributed by atoms with Crippen molar-refractivity contribution in [3.8, 4) is 0 Å². The summed E-state index contributed by atoms with van der Waals surface area (Å²) < 4.78 is 2.09. The lowest BCUT2D eigenvalue weighted by Crippen LogP contribution is -2.39. The number of hydrogen-bond donors (Lipinski definition) is 2. The number of nitrogens with one attached hydrogen (secondary N) is 2. The number of amides is 3. The van der Waals surface area contributed by atoms with E-state index in [1.54, 1.807) is 11.3 Å². The predicted octanol–water partition coefficient (Wildman–Crippen LogP) is 2.18. The molecule has 3 amide bonds. The van der Waals surface area contributed by atoms with Crippen molar-refractivity contribution in [2.75, 3.05) is 5.75 Å². The summed E-state index contributed by atoms with van der Waals surface area (Å²) in [5.74, 6) is 0.795. The standard InChI is InChI=1S/C15H19N5O2S2/c21-13(17-14(22)16-9-11-5-4-8-23-11)10-24-15-19-18-12-6-2-1-3-7-20(12)15/h4-5,8H,1-3,6-7,9-10H2,(H2,16,17,21,22). The summed E-state index contributed by atoms with van der Waals surface area (Å²) in [7, 11) is 0. The normalized spacial score (nSPS) is 13.8. The molecular weight excluding hydrogens is 346 g/mol. The maximum Gasteiger partial charge on any atom is 0.321 e. The average molecular weight is 365 g/mol. The molecule has 0 spiro atoms. The van der Waals surface area contributed by atoms with Crippen LogP contribution in [0.3, 0.4) is 0 Å². The van der Waals surface area contributed by atoms with Crippen molar-refractivity contribution in [2.24, 2.45) is 0 Å². The van der Waals surface area contributed by atoms with Gasteiger partial charge in [-0.05, 0) is 24.3 Å². The van der Waals surface area contributed by atoms with Crippen molar-refractivity contribution in [3.63, 3.8) is 0 Å². The van der Waals surface area contributed by atoms with E-state index in [1.165, 1.54) is 18.2 Å². The largest absolute Gasteiger partial charge is 0.333 e. The highest BCUT2D eigenvalue weighted by molar-refractivity contribution is 7.99. The number of carbonyl (C=O) groups excluding carboxylic acids is 2. The van der Waals surface area contributed by atoms with Crippen LogP contribution in [-0.4, -0.2) is 32.5 Å².